The highest BCUT2D eigenvalue weighted by atomic mass is 16.4. The molecule has 106 valence electrons. The quantitative estimate of drug-likeness (QED) is 0.704. The van der Waals surface area contributed by atoms with Crippen molar-refractivity contribution in [3.8, 4) is 0 Å². The topological polar surface area (TPSA) is 91.6 Å². The van der Waals surface area contributed by atoms with Gasteiger partial charge in [0.1, 0.15) is 17.9 Å². The minimum Gasteiger partial charge on any atom is -0.467 e. The van der Waals surface area contributed by atoms with Gasteiger partial charge in [0.25, 0.3) is 0 Å². The Bertz CT molecular complexity index is 414. The van der Waals surface area contributed by atoms with Gasteiger partial charge in [-0.25, -0.2) is 0 Å². The van der Waals surface area contributed by atoms with E-state index in [0.717, 1.165) is 0 Å². The van der Waals surface area contributed by atoms with Gasteiger partial charge in [0, 0.05) is 6.92 Å². The van der Waals surface area contributed by atoms with Crippen LogP contribution in [0.2, 0.25) is 0 Å². The zero-order valence-electron chi connectivity index (χ0n) is 11.3. The van der Waals surface area contributed by atoms with Crippen molar-refractivity contribution in [2.75, 3.05) is 6.54 Å². The zero-order chi connectivity index (χ0) is 14.4. The van der Waals surface area contributed by atoms with Gasteiger partial charge < -0.3 is 20.2 Å². The Morgan fingerprint density at radius 1 is 1.42 bits per heavy atom. The highest BCUT2D eigenvalue weighted by Crippen LogP contribution is 2.12. The summed E-state index contributed by atoms with van der Waals surface area (Å²) in [5, 5.41) is 14.9. The molecule has 0 aliphatic rings. The number of carbonyl (C=O) groups is 2. The first-order chi connectivity index (χ1) is 8.91. The Hall–Kier alpha value is -1.82. The Morgan fingerprint density at radius 2 is 2.11 bits per heavy atom. The van der Waals surface area contributed by atoms with Gasteiger partial charge in [0.2, 0.25) is 11.8 Å². The summed E-state index contributed by atoms with van der Waals surface area (Å²) in [6.07, 6.45) is 0.554. The molecule has 0 saturated heterocycles. The first kappa shape index (κ1) is 15.2. The van der Waals surface area contributed by atoms with Gasteiger partial charge in [-0.3, -0.25) is 9.59 Å². The molecule has 19 heavy (non-hydrogen) atoms. The Labute approximate surface area is 112 Å². The van der Waals surface area contributed by atoms with Gasteiger partial charge in [-0.15, -0.1) is 0 Å². The lowest BCUT2D eigenvalue weighted by Gasteiger charge is -2.21. The number of nitrogens with one attached hydrogen (secondary N) is 2. The van der Waals surface area contributed by atoms with Crippen LogP contribution in [0.1, 0.15) is 32.6 Å². The lowest BCUT2D eigenvalue weighted by Crippen LogP contribution is -2.49. The minimum atomic E-state index is -0.899. The Kier molecular flexibility index (Phi) is 5.57. The maximum Gasteiger partial charge on any atom is 0.242 e. The summed E-state index contributed by atoms with van der Waals surface area (Å²) in [5.74, 6) is -0.234. The molecule has 0 bridgehead atoms. The summed E-state index contributed by atoms with van der Waals surface area (Å²) < 4.78 is 5.03. The summed E-state index contributed by atoms with van der Waals surface area (Å²) in [4.78, 5) is 23.0. The van der Waals surface area contributed by atoms with E-state index in [4.69, 9.17) is 4.42 Å². The van der Waals surface area contributed by atoms with Crippen LogP contribution in [-0.4, -0.2) is 29.5 Å². The maximum atomic E-state index is 11.9. The summed E-state index contributed by atoms with van der Waals surface area (Å²) in [5.41, 5.74) is 0. The standard InChI is InChI=1S/C13H20N2O4/c1-8(2)12(15-9(3)16)13(18)14-7-10(17)11-5-4-6-19-11/h4-6,8,10,12,17H,7H2,1-3H3,(H,14,18)(H,15,16). The van der Waals surface area contributed by atoms with E-state index in [2.05, 4.69) is 10.6 Å². The molecule has 6 heteroatoms. The smallest absolute Gasteiger partial charge is 0.242 e. The number of aliphatic hydroxyl groups excluding tert-OH is 1. The number of hydrogen-bond acceptors (Lipinski definition) is 4. The van der Waals surface area contributed by atoms with Crippen LogP contribution in [0.15, 0.2) is 22.8 Å². The fourth-order valence-electron chi connectivity index (χ4n) is 1.64. The van der Waals surface area contributed by atoms with Crippen molar-refractivity contribution in [3.05, 3.63) is 24.2 Å². The van der Waals surface area contributed by atoms with Crippen molar-refractivity contribution in [1.82, 2.24) is 10.6 Å². The highest BCUT2D eigenvalue weighted by Gasteiger charge is 2.23. The van der Waals surface area contributed by atoms with E-state index in [-0.39, 0.29) is 24.3 Å². The molecular weight excluding hydrogens is 248 g/mol. The SMILES string of the molecule is CC(=O)NC(C(=O)NCC(O)c1ccco1)C(C)C. The van der Waals surface area contributed by atoms with E-state index in [1.165, 1.54) is 13.2 Å². The number of furan rings is 1. The van der Waals surface area contributed by atoms with Crippen LogP contribution in [0, 0.1) is 5.92 Å². The lowest BCUT2D eigenvalue weighted by atomic mass is 10.0. The number of rotatable bonds is 6. The van der Waals surface area contributed by atoms with Crippen molar-refractivity contribution >= 4 is 11.8 Å². The molecule has 0 fully saturated rings. The molecule has 6 nitrogen and oxygen atoms in total. The molecule has 2 amide bonds. The fraction of sp³-hybridized carbons (Fsp3) is 0.538. The summed E-state index contributed by atoms with van der Waals surface area (Å²) in [6, 6.07) is 2.68. The van der Waals surface area contributed by atoms with Gasteiger partial charge >= 0.3 is 0 Å². The molecule has 2 atom stereocenters. The third-order valence-corrected chi connectivity index (χ3v) is 2.65. The average molecular weight is 268 g/mol. The van der Waals surface area contributed by atoms with Gasteiger partial charge in [-0.05, 0) is 18.1 Å². The van der Waals surface area contributed by atoms with Crippen LogP contribution in [0.25, 0.3) is 0 Å². The Morgan fingerprint density at radius 3 is 2.58 bits per heavy atom. The molecule has 1 aromatic heterocycles. The normalized spacial score (nSPS) is 13.9. The zero-order valence-corrected chi connectivity index (χ0v) is 11.3. The number of hydrogen-bond donors (Lipinski definition) is 3. The van der Waals surface area contributed by atoms with E-state index in [9.17, 15) is 14.7 Å². The van der Waals surface area contributed by atoms with Crippen molar-refractivity contribution < 1.29 is 19.1 Å². The van der Waals surface area contributed by atoms with E-state index in [1.807, 2.05) is 13.8 Å². The molecule has 3 N–H and O–H groups in total. The van der Waals surface area contributed by atoms with Gasteiger partial charge in [0.15, 0.2) is 0 Å². The van der Waals surface area contributed by atoms with Crippen LogP contribution < -0.4 is 10.6 Å². The number of carbonyl (C=O) groups excluding carboxylic acids is 2. The maximum absolute atomic E-state index is 11.9. The molecule has 0 aliphatic heterocycles. The summed E-state index contributed by atoms with van der Waals surface area (Å²) in [7, 11) is 0. The van der Waals surface area contributed by atoms with Crippen molar-refractivity contribution in [2.45, 2.75) is 32.9 Å². The molecule has 0 radical (unpaired) electrons. The first-order valence-electron chi connectivity index (χ1n) is 6.18. The van der Waals surface area contributed by atoms with Crippen LogP contribution in [-0.2, 0) is 9.59 Å². The molecule has 1 rings (SSSR count). The number of aliphatic hydroxyl groups is 1. The van der Waals surface area contributed by atoms with Crippen LogP contribution in [0.5, 0.6) is 0 Å². The summed E-state index contributed by atoms with van der Waals surface area (Å²) in [6.45, 7) is 5.07. The van der Waals surface area contributed by atoms with E-state index < -0.39 is 12.1 Å². The second kappa shape index (κ2) is 6.94. The monoisotopic (exact) mass is 268 g/mol. The van der Waals surface area contributed by atoms with Crippen molar-refractivity contribution in [1.29, 1.82) is 0 Å². The molecule has 2 unspecified atom stereocenters. The van der Waals surface area contributed by atoms with Crippen molar-refractivity contribution in [2.24, 2.45) is 5.92 Å². The van der Waals surface area contributed by atoms with Gasteiger partial charge in [-0.1, -0.05) is 13.8 Å². The molecule has 0 aliphatic carbocycles. The Balaban J connectivity index is 2.50. The predicted molar refractivity (Wildman–Crippen MR) is 69.1 cm³/mol. The third kappa shape index (κ3) is 4.75. The third-order valence-electron chi connectivity index (χ3n) is 2.65. The minimum absolute atomic E-state index is 0.0369. The van der Waals surface area contributed by atoms with Gasteiger partial charge in [-0.2, -0.15) is 0 Å². The molecular formula is C13H20N2O4. The molecule has 1 heterocycles. The fourth-order valence-corrected chi connectivity index (χ4v) is 1.64. The second-order valence-electron chi connectivity index (χ2n) is 4.70. The van der Waals surface area contributed by atoms with Crippen LogP contribution in [0.4, 0.5) is 0 Å². The largest absolute Gasteiger partial charge is 0.467 e. The van der Waals surface area contributed by atoms with Gasteiger partial charge in [0.05, 0.1) is 12.8 Å². The number of amides is 2. The predicted octanol–water partition coefficient (Wildman–Crippen LogP) is 0.590. The van der Waals surface area contributed by atoms with Crippen LogP contribution in [0.3, 0.4) is 0 Å². The molecule has 0 saturated carbocycles. The highest BCUT2D eigenvalue weighted by molar-refractivity contribution is 5.87. The molecule has 0 aromatic carbocycles. The van der Waals surface area contributed by atoms with E-state index in [1.54, 1.807) is 12.1 Å². The second-order valence-corrected chi connectivity index (χ2v) is 4.70. The van der Waals surface area contributed by atoms with E-state index in [0.29, 0.717) is 5.76 Å². The van der Waals surface area contributed by atoms with Crippen LogP contribution >= 0.6 is 0 Å². The van der Waals surface area contributed by atoms with E-state index >= 15 is 0 Å². The summed E-state index contributed by atoms with van der Waals surface area (Å²) >= 11 is 0. The van der Waals surface area contributed by atoms with Crippen molar-refractivity contribution in [3.63, 3.8) is 0 Å². The first-order valence-corrected chi connectivity index (χ1v) is 6.18. The average Bonchev–Trinajstić information content (AvgIpc) is 2.85. The lowest BCUT2D eigenvalue weighted by molar-refractivity contribution is -0.129. The molecule has 0 spiro atoms. The molecule has 1 aromatic rings.